The number of aromatic nitrogens is 1. The molecule has 9 nitrogen and oxygen atoms in total. The zero-order chi connectivity index (χ0) is 28.6. The average molecular weight is 545 g/mol. The maximum Gasteiger partial charge on any atom is 0.246 e. The van der Waals surface area contributed by atoms with E-state index in [4.69, 9.17) is 0 Å². The quantitative estimate of drug-likeness (QED) is 0.414. The first-order valence-corrected chi connectivity index (χ1v) is 13.6. The first kappa shape index (κ1) is 29.7. The Morgan fingerprint density at radius 2 is 1.68 bits per heavy atom. The van der Waals surface area contributed by atoms with Crippen LogP contribution in [0.2, 0.25) is 0 Å². The van der Waals surface area contributed by atoms with Gasteiger partial charge in [0.25, 0.3) is 0 Å². The van der Waals surface area contributed by atoms with Gasteiger partial charge in [0.05, 0.1) is 22.2 Å². The van der Waals surface area contributed by atoms with Gasteiger partial charge >= 0.3 is 0 Å². The van der Waals surface area contributed by atoms with Gasteiger partial charge in [-0.3, -0.25) is 14.4 Å². The first-order chi connectivity index (χ1) is 17.4. The summed E-state index contributed by atoms with van der Waals surface area (Å²) in [6.07, 6.45) is -0.873. The maximum absolute atomic E-state index is 13.7. The topological polar surface area (TPSA) is 132 Å². The Hall–Kier alpha value is -2.82. The van der Waals surface area contributed by atoms with Crippen molar-refractivity contribution in [2.24, 2.45) is 10.8 Å². The number of hydrogen-bond acceptors (Lipinski definition) is 7. The number of aryl methyl sites for hydroxylation is 1. The van der Waals surface area contributed by atoms with Gasteiger partial charge in [0, 0.05) is 23.9 Å². The van der Waals surface area contributed by atoms with E-state index in [-0.39, 0.29) is 18.9 Å². The molecule has 2 heterocycles. The first-order valence-electron chi connectivity index (χ1n) is 12.8. The van der Waals surface area contributed by atoms with Crippen LogP contribution < -0.4 is 10.6 Å². The summed E-state index contributed by atoms with van der Waals surface area (Å²) in [5.41, 5.74) is 1.05. The molecular weight excluding hydrogens is 504 g/mol. The monoisotopic (exact) mass is 544 g/mol. The molecule has 1 saturated heterocycles. The van der Waals surface area contributed by atoms with Gasteiger partial charge in [0.15, 0.2) is 5.72 Å². The van der Waals surface area contributed by atoms with Crippen molar-refractivity contribution in [2.75, 3.05) is 6.54 Å². The molecule has 0 aliphatic carbocycles. The molecule has 1 fully saturated rings. The smallest absolute Gasteiger partial charge is 0.246 e. The Morgan fingerprint density at radius 1 is 1.08 bits per heavy atom. The highest BCUT2D eigenvalue weighted by Crippen LogP contribution is 2.30. The number of rotatable bonds is 6. The summed E-state index contributed by atoms with van der Waals surface area (Å²) in [7, 11) is 0. The number of carbonyl (C=O) groups excluding carboxylic acids is 3. The molecule has 3 rings (SSSR count). The fraction of sp³-hybridized carbons (Fsp3) is 0.571. The van der Waals surface area contributed by atoms with Gasteiger partial charge in [-0.2, -0.15) is 0 Å². The second kappa shape index (κ2) is 10.7. The van der Waals surface area contributed by atoms with Crippen molar-refractivity contribution in [2.45, 2.75) is 85.7 Å². The summed E-state index contributed by atoms with van der Waals surface area (Å²) < 4.78 is 0. The molecule has 1 aliphatic heterocycles. The molecule has 3 amide bonds. The van der Waals surface area contributed by atoms with Gasteiger partial charge in [-0.05, 0) is 24.8 Å². The van der Waals surface area contributed by atoms with Gasteiger partial charge in [0.2, 0.25) is 17.7 Å². The standard InChI is InChI=1S/C28H40N4O5S/c1-16-21(38-15-29-16)17-9-11-18(12-10-17)28(8,37)31-23(34)20-13-19(33)14-32(20)24(35)22(26(2,3)4)30-25(36)27(5,6)7/h9-12,15,19-20,22,33,37H,13-14H2,1-8H3,(H,30,36)(H,31,34)/t19-,20+,22-,28+/m1/s1. The lowest BCUT2D eigenvalue weighted by molar-refractivity contribution is -0.147. The van der Waals surface area contributed by atoms with Crippen LogP contribution in [0.1, 0.15) is 66.1 Å². The van der Waals surface area contributed by atoms with Gasteiger partial charge in [-0.25, -0.2) is 4.98 Å². The Bertz CT molecular complexity index is 1180. The highest BCUT2D eigenvalue weighted by Gasteiger charge is 2.46. The molecule has 0 bridgehead atoms. The second-order valence-corrected chi connectivity index (χ2v) is 13.2. The van der Waals surface area contributed by atoms with Gasteiger partial charge in [-0.1, -0.05) is 65.8 Å². The van der Waals surface area contributed by atoms with Gasteiger partial charge < -0.3 is 25.7 Å². The lowest BCUT2D eigenvalue weighted by Gasteiger charge is -2.37. The third kappa shape index (κ3) is 6.59. The van der Waals surface area contributed by atoms with Crippen molar-refractivity contribution in [1.29, 1.82) is 0 Å². The van der Waals surface area contributed by atoms with E-state index in [9.17, 15) is 24.6 Å². The molecule has 1 aromatic carbocycles. The van der Waals surface area contributed by atoms with Crippen LogP contribution >= 0.6 is 11.3 Å². The van der Waals surface area contributed by atoms with E-state index in [1.54, 1.807) is 38.4 Å². The lowest BCUT2D eigenvalue weighted by atomic mass is 9.84. The van der Waals surface area contributed by atoms with E-state index >= 15 is 0 Å². The minimum atomic E-state index is -1.72. The van der Waals surface area contributed by atoms with Crippen LogP contribution in [0.15, 0.2) is 29.8 Å². The molecule has 0 spiro atoms. The van der Waals surface area contributed by atoms with Crippen molar-refractivity contribution in [3.63, 3.8) is 0 Å². The zero-order valence-electron chi connectivity index (χ0n) is 23.5. The molecular formula is C28H40N4O5S. The Morgan fingerprint density at radius 3 is 2.18 bits per heavy atom. The Labute approximate surface area is 228 Å². The Kier molecular flexibility index (Phi) is 8.41. The second-order valence-electron chi connectivity index (χ2n) is 12.3. The highest BCUT2D eigenvalue weighted by molar-refractivity contribution is 7.13. The number of benzene rings is 1. The van der Waals surface area contributed by atoms with Crippen LogP contribution in [0.25, 0.3) is 10.4 Å². The van der Waals surface area contributed by atoms with E-state index in [1.807, 2.05) is 39.8 Å². The lowest BCUT2D eigenvalue weighted by Crippen LogP contribution is -2.60. The SMILES string of the molecule is Cc1ncsc1-c1ccc([C@](C)(O)NC(=O)[C@@H]2C[C@@H](O)CN2C(=O)[C@@H](NC(=O)C(C)(C)C)C(C)(C)C)cc1. The summed E-state index contributed by atoms with van der Waals surface area (Å²) in [5, 5.41) is 27.0. The van der Waals surface area contributed by atoms with E-state index in [2.05, 4.69) is 15.6 Å². The normalized spacial score (nSPS) is 20.5. The number of nitrogens with one attached hydrogen (secondary N) is 2. The summed E-state index contributed by atoms with van der Waals surface area (Å²) in [4.78, 5) is 46.4. The fourth-order valence-electron chi connectivity index (χ4n) is 4.39. The van der Waals surface area contributed by atoms with E-state index < -0.39 is 46.6 Å². The van der Waals surface area contributed by atoms with Crippen molar-refractivity contribution >= 4 is 29.1 Å². The zero-order valence-corrected chi connectivity index (χ0v) is 24.3. The summed E-state index contributed by atoms with van der Waals surface area (Å²) >= 11 is 1.52. The molecule has 0 unspecified atom stereocenters. The van der Waals surface area contributed by atoms with Crippen molar-refractivity contribution < 1.29 is 24.6 Å². The molecule has 2 aromatic rings. The largest absolute Gasteiger partial charge is 0.391 e. The summed E-state index contributed by atoms with van der Waals surface area (Å²) in [6.45, 7) is 14.1. The number of β-amino-alcohol motifs (C(OH)–C–C–N with tert-alkyl or cyclic N) is 1. The minimum absolute atomic E-state index is 0.0291. The molecule has 10 heteroatoms. The molecule has 4 atom stereocenters. The van der Waals surface area contributed by atoms with Crippen LogP contribution in [0.3, 0.4) is 0 Å². The van der Waals surface area contributed by atoms with E-state index in [1.165, 1.54) is 23.2 Å². The number of aliphatic hydroxyl groups excluding tert-OH is 1. The van der Waals surface area contributed by atoms with Crippen molar-refractivity contribution in [1.82, 2.24) is 20.5 Å². The van der Waals surface area contributed by atoms with E-state index in [0.29, 0.717) is 5.56 Å². The maximum atomic E-state index is 13.7. The average Bonchev–Trinajstić information content (AvgIpc) is 3.40. The van der Waals surface area contributed by atoms with Crippen LogP contribution in [0, 0.1) is 17.8 Å². The van der Waals surface area contributed by atoms with Gasteiger partial charge in [-0.15, -0.1) is 11.3 Å². The van der Waals surface area contributed by atoms with Crippen LogP contribution in [-0.4, -0.2) is 62.6 Å². The number of carbonyl (C=O) groups is 3. The van der Waals surface area contributed by atoms with Crippen LogP contribution in [0.5, 0.6) is 0 Å². The fourth-order valence-corrected chi connectivity index (χ4v) is 5.20. The number of amides is 3. The number of aliphatic hydroxyl groups is 2. The van der Waals surface area contributed by atoms with Crippen molar-refractivity contribution in [3.05, 3.63) is 41.0 Å². The number of likely N-dealkylation sites (tertiary alicyclic amines) is 1. The summed E-state index contributed by atoms with van der Waals surface area (Å²) in [6, 6.07) is 5.28. The number of thiazole rings is 1. The van der Waals surface area contributed by atoms with Crippen LogP contribution in [0.4, 0.5) is 0 Å². The minimum Gasteiger partial charge on any atom is -0.391 e. The number of hydrogen-bond donors (Lipinski definition) is 4. The predicted octanol–water partition coefficient (Wildman–Crippen LogP) is 2.94. The number of nitrogens with zero attached hydrogens (tertiary/aromatic N) is 2. The third-order valence-corrected chi connectivity index (χ3v) is 7.73. The van der Waals surface area contributed by atoms with Crippen LogP contribution in [-0.2, 0) is 20.1 Å². The Balaban J connectivity index is 1.79. The summed E-state index contributed by atoms with van der Waals surface area (Å²) in [5.74, 6) is -1.32. The predicted molar refractivity (Wildman–Crippen MR) is 147 cm³/mol. The van der Waals surface area contributed by atoms with E-state index in [0.717, 1.165) is 16.1 Å². The third-order valence-electron chi connectivity index (χ3n) is 6.76. The molecule has 4 N–H and O–H groups in total. The molecule has 1 aromatic heterocycles. The molecule has 38 heavy (non-hydrogen) atoms. The molecule has 1 aliphatic rings. The molecule has 0 saturated carbocycles. The molecule has 0 radical (unpaired) electrons. The van der Waals surface area contributed by atoms with Crippen molar-refractivity contribution in [3.8, 4) is 10.4 Å². The molecule has 208 valence electrons. The van der Waals surface area contributed by atoms with Gasteiger partial charge in [0.1, 0.15) is 12.1 Å². The highest BCUT2D eigenvalue weighted by atomic mass is 32.1.